The maximum atomic E-state index is 12.5. The summed E-state index contributed by atoms with van der Waals surface area (Å²) in [5.41, 5.74) is 5.58. The normalized spacial score (nSPS) is 11.6. The summed E-state index contributed by atoms with van der Waals surface area (Å²) in [7, 11) is 1.58. The van der Waals surface area contributed by atoms with Gasteiger partial charge in [-0.3, -0.25) is 4.79 Å². The Morgan fingerprint density at radius 1 is 0.917 bits per heavy atom. The first-order chi connectivity index (χ1) is 17.4. The van der Waals surface area contributed by atoms with Crippen LogP contribution in [-0.2, 0) is 18.4 Å². The number of nitrogens with one attached hydrogen (secondary N) is 1. The molecule has 0 fully saturated rings. The molecule has 0 saturated heterocycles. The van der Waals surface area contributed by atoms with Crippen molar-refractivity contribution in [2.75, 3.05) is 13.7 Å². The van der Waals surface area contributed by atoms with Gasteiger partial charge in [-0.05, 0) is 53.6 Å². The van der Waals surface area contributed by atoms with Crippen LogP contribution in [-0.4, -0.2) is 29.1 Å². The van der Waals surface area contributed by atoms with Gasteiger partial charge in [-0.1, -0.05) is 75.7 Å². The van der Waals surface area contributed by atoms with E-state index in [1.807, 2.05) is 18.2 Å². The number of unbranched alkanes of at least 4 members (excludes halogenated alkanes) is 2. The molecule has 0 spiro atoms. The number of methoxy groups -OCH3 is 1. The summed E-state index contributed by atoms with van der Waals surface area (Å²) in [6.07, 6.45) is 3.89. The molecular formula is C31H37N3O2. The van der Waals surface area contributed by atoms with E-state index in [0.717, 1.165) is 43.6 Å². The van der Waals surface area contributed by atoms with Gasteiger partial charge < -0.3 is 14.6 Å². The minimum atomic E-state index is -0.0910. The van der Waals surface area contributed by atoms with Gasteiger partial charge in [0.1, 0.15) is 11.6 Å². The molecule has 0 unspecified atom stereocenters. The Morgan fingerprint density at radius 3 is 2.39 bits per heavy atom. The Labute approximate surface area is 214 Å². The Balaban J connectivity index is 1.34. The topological polar surface area (TPSA) is 56.1 Å². The largest absolute Gasteiger partial charge is 0.496 e. The van der Waals surface area contributed by atoms with E-state index in [-0.39, 0.29) is 11.3 Å². The number of benzene rings is 3. The Bertz CT molecular complexity index is 1300. The Kier molecular flexibility index (Phi) is 8.09. The number of amides is 1. The Hall–Kier alpha value is -3.60. The second kappa shape index (κ2) is 11.4. The van der Waals surface area contributed by atoms with Crippen LogP contribution in [0.25, 0.3) is 11.0 Å². The number of fused-ring (bicyclic) bond motifs is 1. The fourth-order valence-corrected chi connectivity index (χ4v) is 4.50. The molecule has 1 amide bonds. The van der Waals surface area contributed by atoms with Crippen molar-refractivity contribution >= 4 is 16.9 Å². The fraction of sp³-hybridized carbons (Fsp3) is 0.355. The molecule has 1 heterocycles. The van der Waals surface area contributed by atoms with Crippen LogP contribution in [0.15, 0.2) is 72.8 Å². The van der Waals surface area contributed by atoms with E-state index in [1.165, 1.54) is 16.6 Å². The third-order valence-electron chi connectivity index (χ3n) is 6.61. The summed E-state index contributed by atoms with van der Waals surface area (Å²) >= 11 is 0. The summed E-state index contributed by atoms with van der Waals surface area (Å²) in [6.45, 7) is 8.19. The smallest absolute Gasteiger partial charge is 0.255 e. The highest BCUT2D eigenvalue weighted by Crippen LogP contribution is 2.24. The Morgan fingerprint density at radius 2 is 1.64 bits per heavy atom. The lowest BCUT2D eigenvalue weighted by Crippen LogP contribution is -2.24. The molecule has 3 aromatic carbocycles. The molecule has 5 heteroatoms. The zero-order valence-electron chi connectivity index (χ0n) is 21.9. The predicted octanol–water partition coefficient (Wildman–Crippen LogP) is 6.53. The van der Waals surface area contributed by atoms with Gasteiger partial charge in [0.05, 0.1) is 23.7 Å². The average Bonchev–Trinajstić information content (AvgIpc) is 3.22. The second-order valence-corrected chi connectivity index (χ2v) is 10.3. The zero-order chi connectivity index (χ0) is 25.5. The van der Waals surface area contributed by atoms with Gasteiger partial charge in [-0.15, -0.1) is 0 Å². The molecule has 0 saturated carbocycles. The first kappa shape index (κ1) is 25.5. The molecule has 5 nitrogen and oxygen atoms in total. The number of carbonyl (C=O) groups is 1. The molecular weight excluding hydrogens is 446 g/mol. The molecule has 1 aromatic heterocycles. The molecule has 0 aliphatic carbocycles. The standard InChI is InChI=1S/C31H37N3O2/c1-31(2,3)24-19-17-23(18-20-24)22-34-27-14-9-8-13-26(27)33-29(34)16-6-5-11-21-32-30(35)25-12-7-10-15-28(25)36-4/h7-10,12-15,17-20H,5-6,11,16,21-22H2,1-4H3,(H,32,35). The molecule has 0 aliphatic rings. The van der Waals surface area contributed by atoms with Gasteiger partial charge in [0.15, 0.2) is 0 Å². The van der Waals surface area contributed by atoms with Gasteiger partial charge in [0.2, 0.25) is 0 Å². The van der Waals surface area contributed by atoms with E-state index in [0.29, 0.717) is 17.9 Å². The van der Waals surface area contributed by atoms with Gasteiger partial charge in [0.25, 0.3) is 5.91 Å². The number of hydrogen-bond donors (Lipinski definition) is 1. The quantitative estimate of drug-likeness (QED) is 0.261. The van der Waals surface area contributed by atoms with Gasteiger partial charge >= 0.3 is 0 Å². The number of ether oxygens (including phenoxy) is 1. The molecule has 1 N–H and O–H groups in total. The number of aryl methyl sites for hydroxylation is 1. The molecule has 4 aromatic rings. The first-order valence-electron chi connectivity index (χ1n) is 12.8. The van der Waals surface area contributed by atoms with E-state index in [2.05, 4.69) is 73.1 Å². The van der Waals surface area contributed by atoms with E-state index in [4.69, 9.17) is 9.72 Å². The number of para-hydroxylation sites is 3. The number of hydrogen-bond acceptors (Lipinski definition) is 3. The van der Waals surface area contributed by atoms with Gasteiger partial charge in [0, 0.05) is 19.5 Å². The summed E-state index contributed by atoms with van der Waals surface area (Å²) in [6, 6.07) is 24.6. The van der Waals surface area contributed by atoms with Crippen LogP contribution in [0, 0.1) is 0 Å². The summed E-state index contributed by atoms with van der Waals surface area (Å²) in [5.74, 6) is 1.63. The number of carbonyl (C=O) groups excluding carboxylic acids is 1. The lowest BCUT2D eigenvalue weighted by atomic mass is 9.87. The monoisotopic (exact) mass is 483 g/mol. The minimum absolute atomic E-state index is 0.0910. The average molecular weight is 484 g/mol. The van der Waals surface area contributed by atoms with Crippen molar-refractivity contribution in [1.29, 1.82) is 0 Å². The van der Waals surface area contributed by atoms with Crippen LogP contribution in [0.3, 0.4) is 0 Å². The molecule has 36 heavy (non-hydrogen) atoms. The van der Waals surface area contributed by atoms with Crippen molar-refractivity contribution in [3.05, 3.63) is 95.3 Å². The van der Waals surface area contributed by atoms with Crippen molar-refractivity contribution in [1.82, 2.24) is 14.9 Å². The molecule has 0 bridgehead atoms. The minimum Gasteiger partial charge on any atom is -0.496 e. The van der Waals surface area contributed by atoms with Crippen LogP contribution < -0.4 is 10.1 Å². The van der Waals surface area contributed by atoms with E-state index in [1.54, 1.807) is 19.2 Å². The molecule has 4 rings (SSSR count). The molecule has 0 radical (unpaired) electrons. The highest BCUT2D eigenvalue weighted by atomic mass is 16.5. The van der Waals surface area contributed by atoms with E-state index in [9.17, 15) is 4.79 Å². The third-order valence-corrected chi connectivity index (χ3v) is 6.61. The molecule has 0 atom stereocenters. The maximum absolute atomic E-state index is 12.5. The van der Waals surface area contributed by atoms with Crippen LogP contribution >= 0.6 is 0 Å². The molecule has 0 aliphatic heterocycles. The van der Waals surface area contributed by atoms with Crippen molar-refractivity contribution in [3.63, 3.8) is 0 Å². The summed E-state index contributed by atoms with van der Waals surface area (Å²) in [5, 5.41) is 3.01. The second-order valence-electron chi connectivity index (χ2n) is 10.3. The van der Waals surface area contributed by atoms with Crippen molar-refractivity contribution in [2.24, 2.45) is 0 Å². The highest BCUT2D eigenvalue weighted by Gasteiger charge is 2.15. The SMILES string of the molecule is COc1ccccc1C(=O)NCCCCCc1nc2ccccc2n1Cc1ccc(C(C)(C)C)cc1. The van der Waals surface area contributed by atoms with Crippen molar-refractivity contribution in [2.45, 2.75) is 58.4 Å². The molecule has 188 valence electrons. The van der Waals surface area contributed by atoms with Crippen LogP contribution in [0.2, 0.25) is 0 Å². The first-order valence-corrected chi connectivity index (χ1v) is 12.8. The van der Waals surface area contributed by atoms with Crippen molar-refractivity contribution in [3.8, 4) is 5.75 Å². The number of nitrogens with zero attached hydrogens (tertiary/aromatic N) is 2. The summed E-state index contributed by atoms with van der Waals surface area (Å²) in [4.78, 5) is 17.4. The third kappa shape index (κ3) is 6.14. The number of imidazole rings is 1. The lowest BCUT2D eigenvalue weighted by molar-refractivity contribution is 0.0950. The maximum Gasteiger partial charge on any atom is 0.255 e. The van der Waals surface area contributed by atoms with Gasteiger partial charge in [-0.2, -0.15) is 0 Å². The summed E-state index contributed by atoms with van der Waals surface area (Å²) < 4.78 is 7.64. The number of aromatic nitrogens is 2. The van der Waals surface area contributed by atoms with E-state index >= 15 is 0 Å². The van der Waals surface area contributed by atoms with Crippen LogP contribution in [0.4, 0.5) is 0 Å². The predicted molar refractivity (Wildman–Crippen MR) is 147 cm³/mol. The number of rotatable bonds is 10. The fourth-order valence-electron chi connectivity index (χ4n) is 4.50. The van der Waals surface area contributed by atoms with Crippen LogP contribution in [0.5, 0.6) is 5.75 Å². The van der Waals surface area contributed by atoms with Gasteiger partial charge in [-0.25, -0.2) is 4.98 Å². The zero-order valence-corrected chi connectivity index (χ0v) is 21.9. The van der Waals surface area contributed by atoms with Crippen LogP contribution in [0.1, 0.15) is 67.3 Å². The van der Waals surface area contributed by atoms with E-state index < -0.39 is 0 Å². The van der Waals surface area contributed by atoms with Crippen molar-refractivity contribution < 1.29 is 9.53 Å². The highest BCUT2D eigenvalue weighted by molar-refractivity contribution is 5.96. The lowest BCUT2D eigenvalue weighted by Gasteiger charge is -2.19.